The number of halogens is 1. The Labute approximate surface area is 126 Å². The average molecular weight is 292 g/mol. The van der Waals surface area contributed by atoms with Crippen molar-refractivity contribution in [1.29, 1.82) is 0 Å². The minimum absolute atomic E-state index is 0.215. The van der Waals surface area contributed by atoms with Gasteiger partial charge >= 0.3 is 0 Å². The molecule has 1 aromatic carbocycles. The second kappa shape index (κ2) is 7.23. The van der Waals surface area contributed by atoms with Gasteiger partial charge in [0, 0.05) is 19.1 Å². The molecule has 2 heterocycles. The van der Waals surface area contributed by atoms with Crippen molar-refractivity contribution in [3.05, 3.63) is 30.1 Å². The van der Waals surface area contributed by atoms with E-state index in [0.717, 1.165) is 24.8 Å². The standard InChI is InChI=1S/C17H25FN2O/c18-15-5-7-17(8-6-15)21-13-3-10-19-9-2-12-20-11-1-4-16(20)14-19/h5-8,16H,1-4,9-14H2/t16-/m0/s1. The van der Waals surface area contributed by atoms with Crippen LogP contribution in [0, 0.1) is 5.82 Å². The Hall–Kier alpha value is -1.13. The van der Waals surface area contributed by atoms with Crippen molar-refractivity contribution in [1.82, 2.24) is 9.80 Å². The van der Waals surface area contributed by atoms with Crippen molar-refractivity contribution in [2.24, 2.45) is 0 Å². The van der Waals surface area contributed by atoms with Gasteiger partial charge in [0.05, 0.1) is 6.61 Å². The molecule has 0 saturated carbocycles. The molecular weight excluding hydrogens is 267 g/mol. The molecule has 2 aliphatic heterocycles. The number of benzene rings is 1. The van der Waals surface area contributed by atoms with E-state index >= 15 is 0 Å². The van der Waals surface area contributed by atoms with E-state index in [1.807, 2.05) is 0 Å². The van der Waals surface area contributed by atoms with Gasteiger partial charge in [0.2, 0.25) is 0 Å². The van der Waals surface area contributed by atoms with Gasteiger partial charge in [0.1, 0.15) is 11.6 Å². The smallest absolute Gasteiger partial charge is 0.123 e. The third-order valence-corrected chi connectivity index (χ3v) is 4.59. The molecule has 0 aromatic heterocycles. The molecule has 2 fully saturated rings. The van der Waals surface area contributed by atoms with Crippen LogP contribution < -0.4 is 4.74 Å². The molecule has 0 aliphatic carbocycles. The number of fused-ring (bicyclic) bond motifs is 1. The predicted molar refractivity (Wildman–Crippen MR) is 82.2 cm³/mol. The molecule has 21 heavy (non-hydrogen) atoms. The average Bonchev–Trinajstić information content (AvgIpc) is 2.84. The lowest BCUT2D eigenvalue weighted by Gasteiger charge is -2.25. The quantitative estimate of drug-likeness (QED) is 0.776. The van der Waals surface area contributed by atoms with E-state index in [2.05, 4.69) is 9.80 Å². The number of rotatable bonds is 5. The summed E-state index contributed by atoms with van der Waals surface area (Å²) in [6.07, 6.45) is 5.05. The Morgan fingerprint density at radius 1 is 1.10 bits per heavy atom. The first kappa shape index (κ1) is 14.8. The maximum Gasteiger partial charge on any atom is 0.123 e. The summed E-state index contributed by atoms with van der Waals surface area (Å²) in [5.74, 6) is 0.544. The van der Waals surface area contributed by atoms with Crippen LogP contribution in [0.1, 0.15) is 25.7 Å². The molecule has 1 aromatic rings. The zero-order valence-corrected chi connectivity index (χ0v) is 12.6. The molecule has 1 atom stereocenters. The van der Waals surface area contributed by atoms with E-state index in [-0.39, 0.29) is 5.82 Å². The molecule has 0 radical (unpaired) electrons. The summed E-state index contributed by atoms with van der Waals surface area (Å²) < 4.78 is 18.5. The van der Waals surface area contributed by atoms with Gasteiger partial charge in [-0.15, -0.1) is 0 Å². The summed E-state index contributed by atoms with van der Waals surface area (Å²) in [6.45, 7) is 6.81. The fourth-order valence-corrected chi connectivity index (χ4v) is 3.50. The molecule has 0 bridgehead atoms. The first-order valence-corrected chi connectivity index (χ1v) is 8.16. The van der Waals surface area contributed by atoms with Crippen LogP contribution in [-0.4, -0.2) is 55.2 Å². The first-order valence-electron chi connectivity index (χ1n) is 8.16. The molecule has 116 valence electrons. The van der Waals surface area contributed by atoms with Crippen LogP contribution in [-0.2, 0) is 0 Å². The molecule has 4 heteroatoms. The topological polar surface area (TPSA) is 15.7 Å². The minimum atomic E-state index is -0.215. The highest BCUT2D eigenvalue weighted by atomic mass is 19.1. The number of hydrogen-bond donors (Lipinski definition) is 0. The lowest BCUT2D eigenvalue weighted by molar-refractivity contribution is 0.205. The zero-order valence-electron chi connectivity index (χ0n) is 12.6. The first-order chi connectivity index (χ1) is 10.3. The summed E-state index contributed by atoms with van der Waals surface area (Å²) in [5.41, 5.74) is 0. The fourth-order valence-electron chi connectivity index (χ4n) is 3.50. The van der Waals surface area contributed by atoms with Crippen molar-refractivity contribution >= 4 is 0 Å². The second-order valence-corrected chi connectivity index (χ2v) is 6.14. The highest BCUT2D eigenvalue weighted by Crippen LogP contribution is 2.21. The van der Waals surface area contributed by atoms with E-state index in [1.54, 1.807) is 12.1 Å². The molecule has 0 N–H and O–H groups in total. The molecule has 2 aliphatic rings. The Morgan fingerprint density at radius 2 is 1.90 bits per heavy atom. The van der Waals surface area contributed by atoms with Gasteiger partial charge in [-0.25, -0.2) is 4.39 Å². The minimum Gasteiger partial charge on any atom is -0.494 e. The van der Waals surface area contributed by atoms with Crippen LogP contribution in [0.2, 0.25) is 0 Å². The molecule has 0 unspecified atom stereocenters. The Kier molecular flexibility index (Phi) is 5.09. The van der Waals surface area contributed by atoms with Gasteiger partial charge in [-0.05, 0) is 69.6 Å². The Bertz CT molecular complexity index is 437. The maximum atomic E-state index is 12.8. The highest BCUT2D eigenvalue weighted by molar-refractivity contribution is 5.21. The number of nitrogens with zero attached hydrogens (tertiary/aromatic N) is 2. The van der Waals surface area contributed by atoms with Crippen molar-refractivity contribution in [3.63, 3.8) is 0 Å². The summed E-state index contributed by atoms with van der Waals surface area (Å²) in [5, 5.41) is 0. The SMILES string of the molecule is Fc1ccc(OCCCN2CCCN3CCC[C@H]3C2)cc1. The number of hydrogen-bond acceptors (Lipinski definition) is 3. The van der Waals surface area contributed by atoms with E-state index in [0.29, 0.717) is 6.61 Å². The van der Waals surface area contributed by atoms with Crippen LogP contribution >= 0.6 is 0 Å². The van der Waals surface area contributed by atoms with Crippen molar-refractivity contribution < 1.29 is 9.13 Å². The fraction of sp³-hybridized carbons (Fsp3) is 0.647. The van der Waals surface area contributed by atoms with Gasteiger partial charge in [0.15, 0.2) is 0 Å². The van der Waals surface area contributed by atoms with Crippen molar-refractivity contribution in [2.75, 3.05) is 39.3 Å². The normalized spacial score (nSPS) is 23.8. The van der Waals surface area contributed by atoms with Gasteiger partial charge in [-0.2, -0.15) is 0 Å². The van der Waals surface area contributed by atoms with Crippen molar-refractivity contribution in [3.8, 4) is 5.75 Å². The third-order valence-electron chi connectivity index (χ3n) is 4.59. The lowest BCUT2D eigenvalue weighted by Crippen LogP contribution is -2.37. The van der Waals surface area contributed by atoms with Gasteiger partial charge < -0.3 is 9.64 Å². The number of ether oxygens (including phenoxy) is 1. The van der Waals surface area contributed by atoms with E-state index in [1.165, 1.54) is 57.6 Å². The third kappa shape index (κ3) is 4.17. The lowest BCUT2D eigenvalue weighted by atomic mass is 10.2. The van der Waals surface area contributed by atoms with Crippen LogP contribution in [0.15, 0.2) is 24.3 Å². The molecule has 0 amide bonds. The van der Waals surface area contributed by atoms with Crippen LogP contribution in [0.5, 0.6) is 5.75 Å². The largest absolute Gasteiger partial charge is 0.494 e. The molecule has 0 spiro atoms. The van der Waals surface area contributed by atoms with E-state index in [4.69, 9.17) is 4.74 Å². The molecule has 2 saturated heterocycles. The molecule has 3 rings (SSSR count). The predicted octanol–water partition coefficient (Wildman–Crippen LogP) is 2.76. The molecular formula is C17H25FN2O. The monoisotopic (exact) mass is 292 g/mol. The Balaban J connectivity index is 1.37. The second-order valence-electron chi connectivity index (χ2n) is 6.14. The highest BCUT2D eigenvalue weighted by Gasteiger charge is 2.28. The Morgan fingerprint density at radius 3 is 2.76 bits per heavy atom. The summed E-state index contributed by atoms with van der Waals surface area (Å²) in [7, 11) is 0. The maximum absolute atomic E-state index is 12.8. The summed E-state index contributed by atoms with van der Waals surface area (Å²) in [4.78, 5) is 5.25. The van der Waals surface area contributed by atoms with Gasteiger partial charge in [0.25, 0.3) is 0 Å². The molecule has 3 nitrogen and oxygen atoms in total. The van der Waals surface area contributed by atoms with Crippen LogP contribution in [0.4, 0.5) is 4.39 Å². The van der Waals surface area contributed by atoms with Crippen LogP contribution in [0.3, 0.4) is 0 Å². The summed E-state index contributed by atoms with van der Waals surface area (Å²) >= 11 is 0. The summed E-state index contributed by atoms with van der Waals surface area (Å²) in [6, 6.07) is 7.05. The van der Waals surface area contributed by atoms with Gasteiger partial charge in [-0.1, -0.05) is 0 Å². The van der Waals surface area contributed by atoms with E-state index < -0.39 is 0 Å². The van der Waals surface area contributed by atoms with Gasteiger partial charge in [-0.3, -0.25) is 4.90 Å². The van der Waals surface area contributed by atoms with Crippen LogP contribution in [0.25, 0.3) is 0 Å². The van der Waals surface area contributed by atoms with Crippen molar-refractivity contribution in [2.45, 2.75) is 31.7 Å². The van der Waals surface area contributed by atoms with E-state index in [9.17, 15) is 4.39 Å². The zero-order chi connectivity index (χ0) is 14.5.